The van der Waals surface area contributed by atoms with Gasteiger partial charge in [-0.1, -0.05) is 54.9 Å². The van der Waals surface area contributed by atoms with Crippen molar-refractivity contribution in [1.82, 2.24) is 19.8 Å². The molecule has 2 aromatic carbocycles. The molecule has 2 heterocycles. The van der Waals surface area contributed by atoms with E-state index in [1.807, 2.05) is 17.6 Å². The van der Waals surface area contributed by atoms with E-state index in [4.69, 9.17) is 22.0 Å². The van der Waals surface area contributed by atoms with E-state index in [-0.39, 0.29) is 12.4 Å². The van der Waals surface area contributed by atoms with E-state index in [1.54, 1.807) is 49.4 Å². The van der Waals surface area contributed by atoms with Crippen LogP contribution in [0, 0.1) is 5.41 Å². The Labute approximate surface area is 230 Å². The number of nitrogens with one attached hydrogen (secondary N) is 2. The Morgan fingerprint density at radius 2 is 1.97 bits per heavy atom. The Morgan fingerprint density at radius 1 is 1.26 bits per heavy atom. The third-order valence-corrected chi connectivity index (χ3v) is 7.07. The summed E-state index contributed by atoms with van der Waals surface area (Å²) >= 11 is 6.19. The minimum absolute atomic E-state index is 0.0703. The average Bonchev–Trinajstić information content (AvgIpc) is 3.23. The van der Waals surface area contributed by atoms with Gasteiger partial charge < -0.3 is 15.0 Å². The van der Waals surface area contributed by atoms with Crippen LogP contribution in [0.25, 0.3) is 11.3 Å². The zero-order valence-corrected chi connectivity index (χ0v) is 22.5. The van der Waals surface area contributed by atoms with Crippen LogP contribution in [0.3, 0.4) is 0 Å². The summed E-state index contributed by atoms with van der Waals surface area (Å²) in [7, 11) is 0. The van der Waals surface area contributed by atoms with Gasteiger partial charge in [0, 0.05) is 41.4 Å². The molecule has 3 N–H and O–H groups in total. The first-order valence-corrected chi connectivity index (χ1v) is 13.1. The van der Waals surface area contributed by atoms with E-state index in [1.165, 1.54) is 0 Å². The summed E-state index contributed by atoms with van der Waals surface area (Å²) in [5.41, 5.74) is 2.59. The van der Waals surface area contributed by atoms with Gasteiger partial charge in [0.1, 0.15) is 11.7 Å². The molecule has 3 aromatic rings. The lowest BCUT2D eigenvalue weighted by molar-refractivity contribution is -0.135. The molecule has 1 aromatic heterocycles. The van der Waals surface area contributed by atoms with Crippen molar-refractivity contribution in [2.75, 3.05) is 6.54 Å². The zero-order valence-electron chi connectivity index (χ0n) is 21.8. The van der Waals surface area contributed by atoms with Crippen LogP contribution in [0.4, 0.5) is 18.0 Å². The van der Waals surface area contributed by atoms with Crippen molar-refractivity contribution in [2.45, 2.75) is 64.4 Å². The first-order chi connectivity index (χ1) is 18.4. The number of halogens is 4. The van der Waals surface area contributed by atoms with Crippen molar-refractivity contribution < 1.29 is 23.1 Å². The highest BCUT2D eigenvalue weighted by molar-refractivity contribution is 6.30. The number of urea groups is 1. The minimum Gasteiger partial charge on any atom is -0.390 e. The molecule has 2 amide bonds. The SMILES string of the molecule is CCc1ccc(C(=N)N(CCC(F)(F)F)C(=O)NCc2nc(-c3cccc(Cl)c3)c3n2CCC(C)(O)C3)cc1. The number of amidine groups is 1. The number of nitrogens with zero attached hydrogens (tertiary/aromatic N) is 3. The van der Waals surface area contributed by atoms with Gasteiger partial charge in [0.15, 0.2) is 0 Å². The van der Waals surface area contributed by atoms with E-state index >= 15 is 0 Å². The fourth-order valence-electron chi connectivity index (χ4n) is 4.64. The summed E-state index contributed by atoms with van der Waals surface area (Å²) in [5, 5.41) is 22.4. The van der Waals surface area contributed by atoms with Crippen molar-refractivity contribution in [3.63, 3.8) is 0 Å². The number of aliphatic hydroxyl groups is 1. The Bertz CT molecular complexity index is 1350. The number of hydrogen-bond acceptors (Lipinski definition) is 4. The van der Waals surface area contributed by atoms with E-state index in [2.05, 4.69) is 5.32 Å². The molecule has 1 unspecified atom stereocenters. The Morgan fingerprint density at radius 3 is 2.62 bits per heavy atom. The smallest absolute Gasteiger partial charge is 0.390 e. The number of aryl methyl sites for hydroxylation is 1. The van der Waals surface area contributed by atoms with Crippen LogP contribution in [0.2, 0.25) is 5.02 Å². The van der Waals surface area contributed by atoms with Gasteiger partial charge in [-0.15, -0.1) is 0 Å². The highest BCUT2D eigenvalue weighted by atomic mass is 35.5. The molecule has 7 nitrogen and oxygen atoms in total. The number of carbonyl (C=O) groups excluding carboxylic acids is 1. The predicted octanol–water partition coefficient (Wildman–Crippen LogP) is 5.95. The number of hydrogen-bond donors (Lipinski definition) is 3. The van der Waals surface area contributed by atoms with Crippen LogP contribution in [-0.2, 0) is 25.9 Å². The van der Waals surface area contributed by atoms with Crippen LogP contribution in [0.15, 0.2) is 48.5 Å². The van der Waals surface area contributed by atoms with Gasteiger partial charge >= 0.3 is 12.2 Å². The molecule has 1 aliphatic rings. The third kappa shape index (κ3) is 6.99. The summed E-state index contributed by atoms with van der Waals surface area (Å²) in [6.07, 6.45) is -4.15. The predicted molar refractivity (Wildman–Crippen MR) is 144 cm³/mol. The summed E-state index contributed by atoms with van der Waals surface area (Å²) in [5.74, 6) is 0.179. The highest BCUT2D eigenvalue weighted by Crippen LogP contribution is 2.34. The number of rotatable bonds is 7. The Balaban J connectivity index is 1.59. The highest BCUT2D eigenvalue weighted by Gasteiger charge is 2.33. The summed E-state index contributed by atoms with van der Waals surface area (Å²) in [6.45, 7) is 3.41. The normalized spacial score (nSPS) is 17.0. The van der Waals surface area contributed by atoms with Gasteiger partial charge in [0.25, 0.3) is 0 Å². The number of alkyl halides is 3. The van der Waals surface area contributed by atoms with E-state index in [9.17, 15) is 23.1 Å². The molecule has 0 saturated carbocycles. The van der Waals surface area contributed by atoms with E-state index < -0.39 is 30.8 Å². The molecular weight excluding hydrogens is 531 g/mol. The number of carbonyl (C=O) groups is 1. The molecule has 0 spiro atoms. The quantitative estimate of drug-likeness (QED) is 0.246. The lowest BCUT2D eigenvalue weighted by atomic mass is 9.91. The van der Waals surface area contributed by atoms with Gasteiger partial charge in [0.05, 0.1) is 24.3 Å². The molecule has 1 atom stereocenters. The van der Waals surface area contributed by atoms with Gasteiger partial charge in [-0.3, -0.25) is 10.3 Å². The van der Waals surface area contributed by atoms with Crippen molar-refractivity contribution in [2.24, 2.45) is 0 Å². The lowest BCUT2D eigenvalue weighted by Crippen LogP contribution is -2.45. The maximum absolute atomic E-state index is 13.2. The molecule has 39 heavy (non-hydrogen) atoms. The second-order valence-electron chi connectivity index (χ2n) is 9.98. The summed E-state index contributed by atoms with van der Waals surface area (Å²) < 4.78 is 41.1. The van der Waals surface area contributed by atoms with Crippen LogP contribution in [-0.4, -0.2) is 49.7 Å². The molecule has 11 heteroatoms. The average molecular weight is 562 g/mol. The first kappa shape index (κ1) is 28.6. The molecule has 208 valence electrons. The topological polar surface area (TPSA) is 94.2 Å². The van der Waals surface area contributed by atoms with Crippen LogP contribution >= 0.6 is 11.6 Å². The summed E-state index contributed by atoms with van der Waals surface area (Å²) in [6, 6.07) is 13.2. The number of fused-ring (bicyclic) bond motifs is 1. The van der Waals surface area contributed by atoms with Crippen LogP contribution in [0.5, 0.6) is 0 Å². The van der Waals surface area contributed by atoms with Crippen LogP contribution in [0.1, 0.15) is 49.3 Å². The maximum Gasteiger partial charge on any atom is 0.390 e. The fraction of sp³-hybridized carbons (Fsp3) is 0.393. The van der Waals surface area contributed by atoms with E-state index in [0.29, 0.717) is 41.5 Å². The van der Waals surface area contributed by atoms with Gasteiger partial charge in [-0.05, 0) is 37.5 Å². The van der Waals surface area contributed by atoms with Crippen molar-refractivity contribution in [3.05, 3.63) is 76.2 Å². The molecule has 0 radical (unpaired) electrons. The molecule has 4 rings (SSSR count). The molecule has 0 saturated heterocycles. The molecule has 0 bridgehead atoms. The Kier molecular flexibility index (Phi) is 8.37. The number of amides is 2. The number of benzene rings is 2. The standard InChI is InChI=1S/C28H31ClF3N5O2/c1-3-18-7-9-19(10-8-18)25(33)37(14-12-28(30,31)32)26(38)34-17-23-35-24(20-5-4-6-21(29)15-20)22-16-27(2,39)11-13-36(22)23/h4-10,15,33,39H,3,11-14,16-17H2,1-2H3,(H,34,38). The lowest BCUT2D eigenvalue weighted by Gasteiger charge is -2.30. The second kappa shape index (κ2) is 11.4. The monoisotopic (exact) mass is 561 g/mol. The minimum atomic E-state index is -4.49. The molecule has 1 aliphatic heterocycles. The first-order valence-electron chi connectivity index (χ1n) is 12.7. The van der Waals surface area contributed by atoms with Crippen molar-refractivity contribution in [1.29, 1.82) is 5.41 Å². The van der Waals surface area contributed by atoms with Gasteiger partial charge in [-0.2, -0.15) is 13.2 Å². The molecular formula is C28H31ClF3N5O2. The fourth-order valence-corrected chi connectivity index (χ4v) is 4.83. The third-order valence-electron chi connectivity index (χ3n) is 6.84. The zero-order chi connectivity index (χ0) is 28.4. The van der Waals surface area contributed by atoms with Gasteiger partial charge in [-0.25, -0.2) is 9.78 Å². The van der Waals surface area contributed by atoms with Crippen molar-refractivity contribution in [3.8, 4) is 11.3 Å². The maximum atomic E-state index is 13.2. The molecule has 0 aliphatic carbocycles. The van der Waals surface area contributed by atoms with E-state index in [0.717, 1.165) is 28.1 Å². The molecule has 0 fully saturated rings. The van der Waals surface area contributed by atoms with Crippen LogP contribution < -0.4 is 5.32 Å². The number of aromatic nitrogens is 2. The van der Waals surface area contributed by atoms with Crippen molar-refractivity contribution >= 4 is 23.5 Å². The number of imidazole rings is 1. The largest absolute Gasteiger partial charge is 0.390 e. The Hall–Kier alpha value is -3.37. The summed E-state index contributed by atoms with van der Waals surface area (Å²) in [4.78, 5) is 18.7. The second-order valence-corrected chi connectivity index (χ2v) is 10.4. The van der Waals surface area contributed by atoms with Gasteiger partial charge in [0.2, 0.25) is 0 Å².